The summed E-state index contributed by atoms with van der Waals surface area (Å²) in [4.78, 5) is 21.2. The van der Waals surface area contributed by atoms with Crippen molar-refractivity contribution in [2.45, 2.75) is 17.4 Å². The number of benzene rings is 2. The fraction of sp³-hybridized carbons (Fsp3) is 0.261. The summed E-state index contributed by atoms with van der Waals surface area (Å²) in [7, 11) is -0.353. The zero-order chi connectivity index (χ0) is 21.8. The number of hydrogen-bond acceptors (Lipinski definition) is 4. The number of likely N-dealkylation sites (N-methyl/N-ethyl adjacent to an activating group) is 1. The van der Waals surface area contributed by atoms with Gasteiger partial charge in [-0.1, -0.05) is 36.4 Å². The quantitative estimate of drug-likeness (QED) is 0.615. The average Bonchev–Trinajstić information content (AvgIpc) is 3.18. The number of carbonyl (C=O) groups is 1. The van der Waals surface area contributed by atoms with Crippen molar-refractivity contribution in [1.29, 1.82) is 0 Å². The maximum absolute atomic E-state index is 13.2. The molecule has 1 amide bonds. The Morgan fingerprint density at radius 1 is 1.16 bits per heavy atom. The van der Waals surface area contributed by atoms with Crippen LogP contribution < -0.4 is 4.83 Å². The molecular weight excluding hydrogens is 412 g/mol. The van der Waals surface area contributed by atoms with E-state index in [-0.39, 0.29) is 16.8 Å². The lowest BCUT2D eigenvalue weighted by Crippen LogP contribution is -2.50. The first kappa shape index (κ1) is 20.0. The molecule has 0 saturated heterocycles. The van der Waals surface area contributed by atoms with Gasteiger partial charge >= 0.3 is 0 Å². The summed E-state index contributed by atoms with van der Waals surface area (Å²) >= 11 is 0. The summed E-state index contributed by atoms with van der Waals surface area (Å²) in [5.74, 6) is -0.736. The smallest absolute Gasteiger partial charge is 0.257 e. The summed E-state index contributed by atoms with van der Waals surface area (Å²) < 4.78 is 25.2. The standard InChI is InChI=1S/C23H24N4O3S/c1-26-14-16(23(28)27(2)25-31(29,30)17-7-4-3-5-8-17)11-19-18-9-6-10-20-22(18)15(13-24-20)12-21(19)26/h3-11,13,16,21,24-25H,12,14H2,1-2H3. The van der Waals surface area contributed by atoms with E-state index in [0.29, 0.717) is 6.54 Å². The third-order valence-corrected chi connectivity index (χ3v) is 7.63. The van der Waals surface area contributed by atoms with Crippen molar-refractivity contribution in [3.05, 3.63) is 71.9 Å². The Hall–Kier alpha value is -2.94. The molecule has 1 aliphatic heterocycles. The molecule has 7 nitrogen and oxygen atoms in total. The average molecular weight is 437 g/mol. The molecule has 2 aliphatic rings. The van der Waals surface area contributed by atoms with Gasteiger partial charge in [-0.15, -0.1) is 4.83 Å². The number of nitrogens with one attached hydrogen (secondary N) is 2. The highest BCUT2D eigenvalue weighted by Gasteiger charge is 2.37. The van der Waals surface area contributed by atoms with Gasteiger partial charge in [-0.25, -0.2) is 8.42 Å². The van der Waals surface area contributed by atoms with Crippen molar-refractivity contribution < 1.29 is 13.2 Å². The van der Waals surface area contributed by atoms with Gasteiger partial charge in [0.2, 0.25) is 5.91 Å². The Labute approximate surface area is 181 Å². The Kier molecular flexibility index (Phi) is 4.73. The van der Waals surface area contributed by atoms with Crippen molar-refractivity contribution in [3.63, 3.8) is 0 Å². The first-order valence-corrected chi connectivity index (χ1v) is 11.7. The number of amides is 1. The highest BCUT2D eigenvalue weighted by Crippen LogP contribution is 2.40. The van der Waals surface area contributed by atoms with Crippen LogP contribution in [0.3, 0.4) is 0 Å². The molecule has 2 heterocycles. The van der Waals surface area contributed by atoms with Crippen LogP contribution in [0.4, 0.5) is 0 Å². The topological polar surface area (TPSA) is 85.5 Å². The molecule has 160 valence electrons. The Morgan fingerprint density at radius 2 is 1.94 bits per heavy atom. The maximum Gasteiger partial charge on any atom is 0.257 e. The SMILES string of the molecule is CN(NS(=O)(=O)c1ccccc1)C(=O)C1C=C2c3cccc4[nH]cc(c34)CC2N(C)C1. The second kappa shape index (κ2) is 7.33. The lowest BCUT2D eigenvalue weighted by Gasteiger charge is -2.40. The normalized spacial score (nSPS) is 20.9. The number of carbonyl (C=O) groups excluding carboxylic acids is 1. The molecule has 0 radical (unpaired) electrons. The van der Waals surface area contributed by atoms with Crippen LogP contribution in [-0.4, -0.2) is 55.9 Å². The minimum atomic E-state index is -3.83. The van der Waals surface area contributed by atoms with Crippen LogP contribution in [0.1, 0.15) is 11.1 Å². The van der Waals surface area contributed by atoms with Crippen molar-refractivity contribution in [2.75, 3.05) is 20.6 Å². The zero-order valence-corrected chi connectivity index (χ0v) is 18.2. The molecule has 0 fully saturated rings. The minimum absolute atomic E-state index is 0.118. The van der Waals surface area contributed by atoms with E-state index in [2.05, 4.69) is 33.0 Å². The molecule has 5 rings (SSSR count). The van der Waals surface area contributed by atoms with Crippen LogP contribution in [0.25, 0.3) is 16.5 Å². The van der Waals surface area contributed by atoms with Gasteiger partial charge < -0.3 is 4.98 Å². The molecule has 2 N–H and O–H groups in total. The number of fused-ring (bicyclic) bond motifs is 2. The molecule has 1 aliphatic carbocycles. The molecule has 1 aromatic heterocycles. The van der Waals surface area contributed by atoms with Crippen LogP contribution in [-0.2, 0) is 21.2 Å². The molecule has 2 atom stereocenters. The molecule has 2 unspecified atom stereocenters. The summed E-state index contributed by atoms with van der Waals surface area (Å²) in [5, 5.41) is 2.30. The molecule has 8 heteroatoms. The van der Waals surface area contributed by atoms with Crippen LogP contribution in [0.2, 0.25) is 0 Å². The molecule has 0 bridgehead atoms. The van der Waals surface area contributed by atoms with Gasteiger partial charge in [0.25, 0.3) is 10.0 Å². The van der Waals surface area contributed by atoms with Gasteiger partial charge in [0.05, 0.1) is 10.8 Å². The first-order chi connectivity index (χ1) is 14.8. The highest BCUT2D eigenvalue weighted by molar-refractivity contribution is 7.89. The number of rotatable bonds is 4. The molecule has 31 heavy (non-hydrogen) atoms. The monoisotopic (exact) mass is 436 g/mol. The second-order valence-electron chi connectivity index (χ2n) is 8.24. The summed E-state index contributed by atoms with van der Waals surface area (Å²) in [6, 6.07) is 14.4. The Morgan fingerprint density at radius 3 is 2.71 bits per heavy atom. The highest BCUT2D eigenvalue weighted by atomic mass is 32.2. The fourth-order valence-electron chi connectivity index (χ4n) is 4.73. The van der Waals surface area contributed by atoms with E-state index in [1.165, 1.54) is 30.1 Å². The summed E-state index contributed by atoms with van der Waals surface area (Å²) in [6.07, 6.45) is 4.98. The number of sulfonamides is 1. The Balaban J connectivity index is 1.45. The van der Waals surface area contributed by atoms with E-state index >= 15 is 0 Å². The molecule has 2 aromatic carbocycles. The van der Waals surface area contributed by atoms with E-state index in [1.54, 1.807) is 18.2 Å². The lowest BCUT2D eigenvalue weighted by molar-refractivity contribution is -0.134. The number of nitrogens with zero attached hydrogens (tertiary/aromatic N) is 2. The summed E-state index contributed by atoms with van der Waals surface area (Å²) in [5.41, 5.74) is 4.65. The third kappa shape index (κ3) is 3.37. The second-order valence-corrected chi connectivity index (χ2v) is 9.90. The predicted octanol–water partition coefficient (Wildman–Crippen LogP) is 2.39. The van der Waals surface area contributed by atoms with Gasteiger partial charge in [0, 0.05) is 36.7 Å². The van der Waals surface area contributed by atoms with E-state index in [9.17, 15) is 13.2 Å². The zero-order valence-electron chi connectivity index (χ0n) is 17.4. The van der Waals surface area contributed by atoms with Crippen molar-refractivity contribution >= 4 is 32.4 Å². The van der Waals surface area contributed by atoms with Crippen LogP contribution in [0.15, 0.2) is 65.7 Å². The maximum atomic E-state index is 13.2. The lowest BCUT2D eigenvalue weighted by atomic mass is 9.80. The van der Waals surface area contributed by atoms with E-state index in [4.69, 9.17) is 0 Å². The molecule has 0 saturated carbocycles. The van der Waals surface area contributed by atoms with E-state index < -0.39 is 15.9 Å². The third-order valence-electron chi connectivity index (χ3n) is 6.23. The van der Waals surface area contributed by atoms with Gasteiger partial charge in [0.1, 0.15) is 0 Å². The van der Waals surface area contributed by atoms with Gasteiger partial charge in [-0.2, -0.15) is 0 Å². The van der Waals surface area contributed by atoms with Crippen LogP contribution in [0.5, 0.6) is 0 Å². The fourth-order valence-corrected chi connectivity index (χ4v) is 5.80. The van der Waals surface area contributed by atoms with Gasteiger partial charge in [-0.05, 0) is 48.4 Å². The van der Waals surface area contributed by atoms with Crippen molar-refractivity contribution in [2.24, 2.45) is 5.92 Å². The Bertz CT molecular complexity index is 1300. The molecule has 3 aromatic rings. The first-order valence-electron chi connectivity index (χ1n) is 10.2. The van der Waals surface area contributed by atoms with E-state index in [0.717, 1.165) is 28.1 Å². The van der Waals surface area contributed by atoms with Crippen molar-refractivity contribution in [1.82, 2.24) is 19.7 Å². The van der Waals surface area contributed by atoms with Gasteiger partial charge in [0.15, 0.2) is 0 Å². The number of hydrazine groups is 1. The molecule has 0 spiro atoms. The number of H-pyrrole nitrogens is 1. The number of aromatic nitrogens is 1. The summed E-state index contributed by atoms with van der Waals surface area (Å²) in [6.45, 7) is 0.528. The minimum Gasteiger partial charge on any atom is -0.361 e. The van der Waals surface area contributed by atoms with Crippen LogP contribution >= 0.6 is 0 Å². The number of aromatic amines is 1. The number of hydrogen-bond donors (Lipinski definition) is 2. The predicted molar refractivity (Wildman–Crippen MR) is 119 cm³/mol. The van der Waals surface area contributed by atoms with Crippen LogP contribution in [0, 0.1) is 5.92 Å². The van der Waals surface area contributed by atoms with Gasteiger partial charge in [-0.3, -0.25) is 14.7 Å². The van der Waals surface area contributed by atoms with E-state index in [1.807, 2.05) is 19.2 Å². The largest absolute Gasteiger partial charge is 0.361 e. The van der Waals surface area contributed by atoms with Crippen molar-refractivity contribution in [3.8, 4) is 0 Å². The molecular formula is C23H24N4O3S.